The smallest absolute Gasteiger partial charge is 0.231 e. The van der Waals surface area contributed by atoms with Crippen LogP contribution in [0.2, 0.25) is 0 Å². The minimum absolute atomic E-state index is 0.272. The van der Waals surface area contributed by atoms with Crippen molar-refractivity contribution in [3.8, 4) is 23.0 Å². The SMILES string of the molecule is COc1cccc(C[NH+]2CC[NH+](Cc3cc(OC)c4c(c3)OCO4)CC2)c1. The van der Waals surface area contributed by atoms with Crippen LogP contribution >= 0.6 is 0 Å². The summed E-state index contributed by atoms with van der Waals surface area (Å²) < 4.78 is 21.8. The molecule has 0 amide bonds. The fourth-order valence-corrected chi connectivity index (χ4v) is 3.96. The van der Waals surface area contributed by atoms with Gasteiger partial charge < -0.3 is 28.7 Å². The van der Waals surface area contributed by atoms with E-state index in [9.17, 15) is 0 Å². The number of nitrogens with one attached hydrogen (secondary N) is 2. The number of ether oxygens (including phenoxy) is 4. The van der Waals surface area contributed by atoms with E-state index < -0.39 is 0 Å². The second-order valence-corrected chi connectivity index (χ2v) is 7.24. The van der Waals surface area contributed by atoms with E-state index in [4.69, 9.17) is 18.9 Å². The Morgan fingerprint density at radius 1 is 0.852 bits per heavy atom. The summed E-state index contributed by atoms with van der Waals surface area (Å²) in [6.07, 6.45) is 0. The zero-order chi connectivity index (χ0) is 18.6. The zero-order valence-electron chi connectivity index (χ0n) is 16.0. The van der Waals surface area contributed by atoms with E-state index in [1.807, 2.05) is 6.07 Å². The Kier molecular flexibility index (Phi) is 5.36. The van der Waals surface area contributed by atoms with Crippen LogP contribution in [0.1, 0.15) is 11.1 Å². The highest BCUT2D eigenvalue weighted by molar-refractivity contribution is 5.54. The highest BCUT2D eigenvalue weighted by Crippen LogP contribution is 2.41. The van der Waals surface area contributed by atoms with Gasteiger partial charge in [-0.15, -0.1) is 0 Å². The maximum absolute atomic E-state index is 5.55. The van der Waals surface area contributed by atoms with Crippen LogP contribution in [0.15, 0.2) is 36.4 Å². The number of methoxy groups -OCH3 is 2. The van der Waals surface area contributed by atoms with Crippen LogP contribution in [0.3, 0.4) is 0 Å². The second kappa shape index (κ2) is 8.06. The van der Waals surface area contributed by atoms with Crippen LogP contribution in [0, 0.1) is 0 Å². The molecule has 6 heteroatoms. The molecule has 2 aliphatic heterocycles. The van der Waals surface area contributed by atoms with Crippen LogP contribution in [0.25, 0.3) is 0 Å². The summed E-state index contributed by atoms with van der Waals surface area (Å²) in [7, 11) is 3.40. The maximum atomic E-state index is 5.55. The van der Waals surface area contributed by atoms with Crippen LogP contribution in [-0.2, 0) is 13.1 Å². The summed E-state index contributed by atoms with van der Waals surface area (Å²) in [5, 5.41) is 0. The molecule has 2 aliphatic rings. The van der Waals surface area contributed by atoms with E-state index >= 15 is 0 Å². The Morgan fingerprint density at radius 3 is 2.30 bits per heavy atom. The lowest BCUT2D eigenvalue weighted by atomic mass is 10.1. The molecule has 0 spiro atoms. The number of rotatable bonds is 6. The molecule has 0 aliphatic carbocycles. The zero-order valence-corrected chi connectivity index (χ0v) is 16.0. The van der Waals surface area contributed by atoms with Gasteiger partial charge in [-0.25, -0.2) is 0 Å². The van der Waals surface area contributed by atoms with E-state index in [-0.39, 0.29) is 6.79 Å². The molecule has 27 heavy (non-hydrogen) atoms. The molecule has 0 bridgehead atoms. The van der Waals surface area contributed by atoms with Crippen molar-refractivity contribution in [2.45, 2.75) is 13.1 Å². The van der Waals surface area contributed by atoms with Crippen molar-refractivity contribution in [3.63, 3.8) is 0 Å². The van der Waals surface area contributed by atoms with Crippen LogP contribution < -0.4 is 28.7 Å². The molecule has 4 rings (SSSR count). The number of hydrogen-bond acceptors (Lipinski definition) is 4. The minimum Gasteiger partial charge on any atom is -0.497 e. The number of hydrogen-bond donors (Lipinski definition) is 2. The summed E-state index contributed by atoms with van der Waals surface area (Å²) in [5.74, 6) is 3.23. The standard InChI is InChI=1S/C21H26N2O4/c1-24-18-5-3-4-16(10-18)13-22-6-8-23(9-7-22)14-17-11-19(25-2)21-20(12-17)26-15-27-21/h3-5,10-12H,6-9,13-15H2,1-2H3/p+2. The summed E-state index contributed by atoms with van der Waals surface area (Å²) >= 11 is 0. The fraction of sp³-hybridized carbons (Fsp3) is 0.429. The van der Waals surface area contributed by atoms with Gasteiger partial charge in [-0.2, -0.15) is 0 Å². The van der Waals surface area contributed by atoms with Gasteiger partial charge in [0.2, 0.25) is 12.5 Å². The molecule has 0 unspecified atom stereocenters. The third-order valence-electron chi connectivity index (χ3n) is 5.42. The Bertz CT molecular complexity index is 788. The van der Waals surface area contributed by atoms with Crippen molar-refractivity contribution >= 4 is 0 Å². The van der Waals surface area contributed by atoms with E-state index in [2.05, 4.69) is 30.3 Å². The summed E-state index contributed by atoms with van der Waals surface area (Å²) in [6.45, 7) is 6.99. The number of quaternary nitrogens is 2. The van der Waals surface area contributed by atoms with Gasteiger partial charge in [0.15, 0.2) is 11.5 Å². The van der Waals surface area contributed by atoms with Gasteiger partial charge >= 0.3 is 0 Å². The molecule has 1 saturated heterocycles. The minimum atomic E-state index is 0.272. The lowest BCUT2D eigenvalue weighted by molar-refractivity contribution is -1.02. The van der Waals surface area contributed by atoms with E-state index in [0.717, 1.165) is 49.2 Å². The Balaban J connectivity index is 1.33. The highest BCUT2D eigenvalue weighted by atomic mass is 16.7. The molecule has 2 N–H and O–H groups in total. The first-order chi connectivity index (χ1) is 13.2. The molecular weight excluding hydrogens is 344 g/mol. The molecule has 0 saturated carbocycles. The van der Waals surface area contributed by atoms with Crippen molar-refractivity contribution in [1.29, 1.82) is 0 Å². The Morgan fingerprint density at radius 2 is 1.59 bits per heavy atom. The largest absolute Gasteiger partial charge is 0.497 e. The molecular formula is C21H28N2O4+2. The third kappa shape index (κ3) is 4.12. The average molecular weight is 372 g/mol. The van der Waals surface area contributed by atoms with E-state index in [0.29, 0.717) is 0 Å². The number of fused-ring (bicyclic) bond motifs is 1. The predicted molar refractivity (Wildman–Crippen MR) is 101 cm³/mol. The summed E-state index contributed by atoms with van der Waals surface area (Å²) in [5.41, 5.74) is 2.58. The van der Waals surface area contributed by atoms with Crippen LogP contribution in [0.5, 0.6) is 23.0 Å². The molecule has 144 valence electrons. The van der Waals surface area contributed by atoms with Gasteiger partial charge in [0, 0.05) is 11.1 Å². The summed E-state index contributed by atoms with van der Waals surface area (Å²) in [4.78, 5) is 3.24. The molecule has 0 atom stereocenters. The Labute approximate surface area is 160 Å². The number of piperazine rings is 1. The predicted octanol–water partition coefficient (Wildman–Crippen LogP) is -0.0839. The monoisotopic (exact) mass is 372 g/mol. The molecule has 0 radical (unpaired) electrons. The molecule has 0 aromatic heterocycles. The van der Waals surface area contributed by atoms with E-state index in [1.54, 1.807) is 24.0 Å². The van der Waals surface area contributed by atoms with Crippen molar-refractivity contribution < 1.29 is 28.7 Å². The normalized spacial score (nSPS) is 21.1. The Hall–Kier alpha value is -2.44. The van der Waals surface area contributed by atoms with Gasteiger partial charge in [0.25, 0.3) is 0 Å². The van der Waals surface area contributed by atoms with Gasteiger partial charge in [-0.05, 0) is 24.3 Å². The summed E-state index contributed by atoms with van der Waals surface area (Å²) in [6, 6.07) is 12.6. The van der Waals surface area contributed by atoms with E-state index in [1.165, 1.54) is 24.2 Å². The maximum Gasteiger partial charge on any atom is 0.231 e. The molecule has 2 aromatic rings. The average Bonchev–Trinajstić information content (AvgIpc) is 3.17. The van der Waals surface area contributed by atoms with Crippen molar-refractivity contribution in [3.05, 3.63) is 47.5 Å². The van der Waals surface area contributed by atoms with Gasteiger partial charge in [0.1, 0.15) is 45.0 Å². The fourth-order valence-electron chi connectivity index (χ4n) is 3.96. The highest BCUT2D eigenvalue weighted by Gasteiger charge is 2.25. The molecule has 2 heterocycles. The quantitative estimate of drug-likeness (QED) is 0.745. The van der Waals surface area contributed by atoms with Crippen LogP contribution in [-0.4, -0.2) is 47.2 Å². The van der Waals surface area contributed by atoms with Crippen molar-refractivity contribution in [2.75, 3.05) is 47.2 Å². The molecule has 2 aromatic carbocycles. The topological polar surface area (TPSA) is 45.8 Å². The number of benzene rings is 2. The second-order valence-electron chi connectivity index (χ2n) is 7.24. The first kappa shape index (κ1) is 17.9. The third-order valence-corrected chi connectivity index (χ3v) is 5.42. The lowest BCUT2D eigenvalue weighted by Gasteiger charge is -2.30. The van der Waals surface area contributed by atoms with Gasteiger partial charge in [-0.1, -0.05) is 12.1 Å². The van der Waals surface area contributed by atoms with Gasteiger partial charge in [-0.3, -0.25) is 0 Å². The first-order valence-corrected chi connectivity index (χ1v) is 9.51. The first-order valence-electron chi connectivity index (χ1n) is 9.51. The molecule has 6 nitrogen and oxygen atoms in total. The molecule has 1 fully saturated rings. The van der Waals surface area contributed by atoms with Gasteiger partial charge in [0.05, 0.1) is 14.2 Å². The lowest BCUT2D eigenvalue weighted by Crippen LogP contribution is -3.27. The van der Waals surface area contributed by atoms with Crippen molar-refractivity contribution in [1.82, 2.24) is 0 Å². The van der Waals surface area contributed by atoms with Crippen LogP contribution in [0.4, 0.5) is 0 Å². The van der Waals surface area contributed by atoms with Crippen molar-refractivity contribution in [2.24, 2.45) is 0 Å².